The fraction of sp³-hybridized carbons (Fsp3) is 0.533. The molecule has 1 saturated carbocycles. The summed E-state index contributed by atoms with van der Waals surface area (Å²) in [4.78, 5) is 2.65. The van der Waals surface area contributed by atoms with Gasteiger partial charge in [-0.1, -0.05) is 30.8 Å². The molecule has 0 saturated heterocycles. The smallest absolute Gasteiger partial charge is 0.129 e. The molecule has 0 spiro atoms. The summed E-state index contributed by atoms with van der Waals surface area (Å²) in [5.41, 5.74) is 6.46. The summed E-state index contributed by atoms with van der Waals surface area (Å²) in [7, 11) is 0. The van der Waals surface area contributed by atoms with Crippen LogP contribution in [0.25, 0.3) is 0 Å². The summed E-state index contributed by atoms with van der Waals surface area (Å²) in [5, 5.41) is 9.12. The van der Waals surface area contributed by atoms with E-state index in [4.69, 9.17) is 27.8 Å². The number of benzene rings is 1. The van der Waals surface area contributed by atoms with Crippen molar-refractivity contribution < 1.29 is 9.84 Å². The highest BCUT2D eigenvalue weighted by molar-refractivity contribution is 7.80. The van der Waals surface area contributed by atoms with Gasteiger partial charge in [-0.2, -0.15) is 0 Å². The van der Waals surface area contributed by atoms with E-state index in [9.17, 15) is 0 Å². The van der Waals surface area contributed by atoms with Crippen LogP contribution in [0.5, 0.6) is 5.75 Å². The molecule has 1 aliphatic carbocycles. The minimum absolute atomic E-state index is 0.194. The van der Waals surface area contributed by atoms with Gasteiger partial charge in [-0.15, -0.1) is 0 Å². The second kappa shape index (κ2) is 7.57. The average Bonchev–Trinajstić information content (AvgIpc) is 2.37. The van der Waals surface area contributed by atoms with Crippen molar-refractivity contribution in [3.63, 3.8) is 0 Å². The van der Waals surface area contributed by atoms with Crippen LogP contribution in [0, 0.1) is 0 Å². The zero-order chi connectivity index (χ0) is 14.4. The Morgan fingerprint density at radius 2 is 2.10 bits per heavy atom. The molecular weight excluding hydrogens is 272 g/mol. The Morgan fingerprint density at radius 1 is 1.35 bits per heavy atom. The van der Waals surface area contributed by atoms with Gasteiger partial charge in [0.25, 0.3) is 0 Å². The lowest BCUT2D eigenvalue weighted by Crippen LogP contribution is -2.43. The molecule has 4 nitrogen and oxygen atoms in total. The summed E-state index contributed by atoms with van der Waals surface area (Å²) in [6.45, 7) is 2.30. The van der Waals surface area contributed by atoms with Gasteiger partial charge in [-0.3, -0.25) is 4.90 Å². The molecule has 1 aromatic carbocycles. The molecule has 2 rings (SSSR count). The molecule has 1 aromatic rings. The van der Waals surface area contributed by atoms with E-state index in [-0.39, 0.29) is 6.61 Å². The number of thiocarbonyl (C=S) groups is 1. The topological polar surface area (TPSA) is 58.7 Å². The van der Waals surface area contributed by atoms with Crippen LogP contribution in [0.2, 0.25) is 0 Å². The highest BCUT2D eigenvalue weighted by Crippen LogP contribution is 2.24. The lowest BCUT2D eigenvalue weighted by atomic mass is 9.91. The second-order valence-electron chi connectivity index (χ2n) is 5.05. The molecule has 0 heterocycles. The average molecular weight is 294 g/mol. The SMILES string of the molecule is NC(=S)c1ccccc1OCCN(CCO)C1CCC1. The first-order chi connectivity index (χ1) is 9.72. The summed E-state index contributed by atoms with van der Waals surface area (Å²) in [5.74, 6) is 0.734. The number of nitrogens with two attached hydrogens (primary N) is 1. The minimum Gasteiger partial charge on any atom is -0.492 e. The predicted molar refractivity (Wildman–Crippen MR) is 84.1 cm³/mol. The fourth-order valence-corrected chi connectivity index (χ4v) is 2.59. The lowest BCUT2D eigenvalue weighted by molar-refractivity contribution is 0.0860. The normalized spacial score (nSPS) is 15.1. The number of ether oxygens (including phenoxy) is 1. The zero-order valence-corrected chi connectivity index (χ0v) is 12.4. The molecule has 0 bridgehead atoms. The van der Waals surface area contributed by atoms with E-state index in [1.54, 1.807) is 0 Å². The van der Waals surface area contributed by atoms with Crippen LogP contribution >= 0.6 is 12.2 Å². The van der Waals surface area contributed by atoms with E-state index in [1.807, 2.05) is 24.3 Å². The van der Waals surface area contributed by atoms with Crippen LogP contribution in [0.4, 0.5) is 0 Å². The Balaban J connectivity index is 1.86. The molecule has 0 aromatic heterocycles. The summed E-state index contributed by atoms with van der Waals surface area (Å²) in [6, 6.07) is 8.17. The third-order valence-electron chi connectivity index (χ3n) is 3.77. The molecule has 0 aliphatic heterocycles. The first-order valence-corrected chi connectivity index (χ1v) is 7.49. The van der Waals surface area contributed by atoms with E-state index in [0.29, 0.717) is 24.2 Å². The maximum Gasteiger partial charge on any atom is 0.129 e. The van der Waals surface area contributed by atoms with Crippen LogP contribution in [-0.4, -0.2) is 47.3 Å². The van der Waals surface area contributed by atoms with Crippen molar-refractivity contribution in [3.8, 4) is 5.75 Å². The van der Waals surface area contributed by atoms with Gasteiger partial charge in [0.05, 0.1) is 12.2 Å². The summed E-state index contributed by atoms with van der Waals surface area (Å²) in [6.07, 6.45) is 3.74. The van der Waals surface area contributed by atoms with Gasteiger partial charge in [-0.25, -0.2) is 0 Å². The molecule has 5 heteroatoms. The van der Waals surface area contributed by atoms with Gasteiger partial charge in [-0.05, 0) is 25.0 Å². The molecule has 0 amide bonds. The Kier molecular flexibility index (Phi) is 5.76. The molecular formula is C15H22N2O2S. The van der Waals surface area contributed by atoms with Crippen LogP contribution in [-0.2, 0) is 0 Å². The molecule has 3 N–H and O–H groups in total. The van der Waals surface area contributed by atoms with Crippen LogP contribution < -0.4 is 10.5 Å². The Morgan fingerprint density at radius 3 is 2.70 bits per heavy atom. The molecule has 20 heavy (non-hydrogen) atoms. The summed E-state index contributed by atoms with van der Waals surface area (Å²) < 4.78 is 5.80. The van der Waals surface area contributed by atoms with E-state index < -0.39 is 0 Å². The van der Waals surface area contributed by atoms with E-state index >= 15 is 0 Å². The Hall–Kier alpha value is -1.17. The quantitative estimate of drug-likeness (QED) is 0.712. The molecule has 0 unspecified atom stereocenters. The summed E-state index contributed by atoms with van der Waals surface area (Å²) >= 11 is 5.02. The van der Waals surface area contributed by atoms with Crippen LogP contribution in [0.3, 0.4) is 0 Å². The lowest BCUT2D eigenvalue weighted by Gasteiger charge is -2.37. The van der Waals surface area contributed by atoms with Gasteiger partial charge in [0.1, 0.15) is 17.3 Å². The Labute approximate surface area is 125 Å². The standard InChI is InChI=1S/C15H22N2O2S/c16-15(20)13-6-1-2-7-14(13)19-11-9-17(8-10-18)12-4-3-5-12/h1-2,6-7,12,18H,3-5,8-11H2,(H2,16,20). The van der Waals surface area contributed by atoms with E-state index in [1.165, 1.54) is 19.3 Å². The molecule has 1 aliphatic rings. The number of aliphatic hydroxyl groups excluding tert-OH is 1. The van der Waals surface area contributed by atoms with Crippen LogP contribution in [0.1, 0.15) is 24.8 Å². The van der Waals surface area contributed by atoms with Crippen molar-refractivity contribution in [1.29, 1.82) is 0 Å². The van der Waals surface area contributed by atoms with E-state index in [2.05, 4.69) is 4.90 Å². The molecule has 0 atom stereocenters. The Bertz CT molecular complexity index is 449. The van der Waals surface area contributed by atoms with Crippen molar-refractivity contribution in [2.45, 2.75) is 25.3 Å². The number of para-hydroxylation sites is 1. The van der Waals surface area contributed by atoms with Crippen molar-refractivity contribution >= 4 is 17.2 Å². The first-order valence-electron chi connectivity index (χ1n) is 7.09. The minimum atomic E-state index is 0.194. The monoisotopic (exact) mass is 294 g/mol. The first kappa shape index (κ1) is 15.2. The number of hydrogen-bond acceptors (Lipinski definition) is 4. The highest BCUT2D eigenvalue weighted by atomic mass is 32.1. The maximum atomic E-state index is 9.12. The second-order valence-corrected chi connectivity index (χ2v) is 5.49. The number of aliphatic hydroxyl groups is 1. The zero-order valence-electron chi connectivity index (χ0n) is 11.6. The van der Waals surface area contributed by atoms with Gasteiger partial charge in [0, 0.05) is 19.1 Å². The number of rotatable bonds is 8. The van der Waals surface area contributed by atoms with E-state index in [0.717, 1.165) is 17.9 Å². The van der Waals surface area contributed by atoms with Gasteiger partial charge < -0.3 is 15.6 Å². The number of hydrogen-bond donors (Lipinski definition) is 2. The molecule has 110 valence electrons. The molecule has 1 fully saturated rings. The van der Waals surface area contributed by atoms with Crippen molar-refractivity contribution in [3.05, 3.63) is 29.8 Å². The highest BCUT2D eigenvalue weighted by Gasteiger charge is 2.24. The number of nitrogens with zero attached hydrogens (tertiary/aromatic N) is 1. The van der Waals surface area contributed by atoms with Crippen LogP contribution in [0.15, 0.2) is 24.3 Å². The third-order valence-corrected chi connectivity index (χ3v) is 3.99. The van der Waals surface area contributed by atoms with Crippen molar-refractivity contribution in [2.75, 3.05) is 26.3 Å². The molecule has 0 radical (unpaired) electrons. The van der Waals surface area contributed by atoms with Crippen molar-refractivity contribution in [2.24, 2.45) is 5.73 Å². The maximum absolute atomic E-state index is 9.12. The predicted octanol–water partition coefficient (Wildman–Crippen LogP) is 1.55. The third kappa shape index (κ3) is 3.91. The van der Waals surface area contributed by atoms with Gasteiger partial charge in [0.2, 0.25) is 0 Å². The van der Waals surface area contributed by atoms with Gasteiger partial charge >= 0.3 is 0 Å². The van der Waals surface area contributed by atoms with Gasteiger partial charge in [0.15, 0.2) is 0 Å². The fourth-order valence-electron chi connectivity index (χ4n) is 2.43. The van der Waals surface area contributed by atoms with Crippen molar-refractivity contribution in [1.82, 2.24) is 4.90 Å². The largest absolute Gasteiger partial charge is 0.492 e.